The zero-order valence-electron chi connectivity index (χ0n) is 10.6. The SMILES string of the molecule is COc1ccc(-c2cc(Br)c(N)c(C(C)=O)c2)cn1. The van der Waals surface area contributed by atoms with Crippen LogP contribution in [0, 0.1) is 0 Å². The van der Waals surface area contributed by atoms with Crippen LogP contribution in [0.25, 0.3) is 11.1 Å². The Kier molecular flexibility index (Phi) is 3.85. The summed E-state index contributed by atoms with van der Waals surface area (Å²) in [6, 6.07) is 7.29. The molecule has 5 heteroatoms. The molecule has 0 aliphatic carbocycles. The van der Waals surface area contributed by atoms with Crippen molar-refractivity contribution in [1.82, 2.24) is 4.98 Å². The molecule has 2 aromatic rings. The summed E-state index contributed by atoms with van der Waals surface area (Å²) < 4.78 is 5.72. The molecule has 1 heterocycles. The Morgan fingerprint density at radius 2 is 2.05 bits per heavy atom. The third-order valence-corrected chi connectivity index (χ3v) is 3.44. The maximum atomic E-state index is 11.6. The summed E-state index contributed by atoms with van der Waals surface area (Å²) in [7, 11) is 1.57. The van der Waals surface area contributed by atoms with Crippen LogP contribution in [0.4, 0.5) is 5.69 Å². The number of benzene rings is 1. The van der Waals surface area contributed by atoms with Gasteiger partial charge in [-0.1, -0.05) is 0 Å². The second-order valence-electron chi connectivity index (χ2n) is 4.06. The minimum absolute atomic E-state index is 0.0680. The summed E-state index contributed by atoms with van der Waals surface area (Å²) in [6.45, 7) is 1.49. The monoisotopic (exact) mass is 320 g/mol. The third-order valence-electron chi connectivity index (χ3n) is 2.79. The van der Waals surface area contributed by atoms with Crippen LogP contribution in [0.15, 0.2) is 34.9 Å². The molecule has 1 aromatic heterocycles. The fourth-order valence-electron chi connectivity index (χ4n) is 1.75. The van der Waals surface area contributed by atoms with Crippen LogP contribution in [-0.4, -0.2) is 17.9 Å². The van der Waals surface area contributed by atoms with Crippen molar-refractivity contribution >= 4 is 27.4 Å². The van der Waals surface area contributed by atoms with Gasteiger partial charge in [0, 0.05) is 27.9 Å². The number of halogens is 1. The smallest absolute Gasteiger partial charge is 0.212 e. The highest BCUT2D eigenvalue weighted by molar-refractivity contribution is 9.10. The summed E-state index contributed by atoms with van der Waals surface area (Å²) >= 11 is 3.37. The van der Waals surface area contributed by atoms with Gasteiger partial charge < -0.3 is 10.5 Å². The summed E-state index contributed by atoms with van der Waals surface area (Å²) in [5, 5.41) is 0. The molecule has 2 rings (SSSR count). The second kappa shape index (κ2) is 5.40. The molecule has 0 unspecified atom stereocenters. The number of carbonyl (C=O) groups excluding carboxylic acids is 1. The van der Waals surface area contributed by atoms with E-state index in [-0.39, 0.29) is 5.78 Å². The van der Waals surface area contributed by atoms with Crippen LogP contribution in [0.5, 0.6) is 5.88 Å². The molecular weight excluding hydrogens is 308 g/mol. The van der Waals surface area contributed by atoms with Crippen molar-refractivity contribution < 1.29 is 9.53 Å². The number of ketones is 1. The van der Waals surface area contributed by atoms with Gasteiger partial charge in [0.1, 0.15) is 0 Å². The van der Waals surface area contributed by atoms with Gasteiger partial charge in [-0.15, -0.1) is 0 Å². The molecule has 0 bridgehead atoms. The normalized spacial score (nSPS) is 10.3. The topological polar surface area (TPSA) is 65.2 Å². The van der Waals surface area contributed by atoms with Gasteiger partial charge in [0.25, 0.3) is 0 Å². The molecule has 0 atom stereocenters. The van der Waals surface area contributed by atoms with Crippen LogP contribution in [0.2, 0.25) is 0 Å². The van der Waals surface area contributed by atoms with Crippen LogP contribution in [0.1, 0.15) is 17.3 Å². The Morgan fingerprint density at radius 3 is 2.58 bits per heavy atom. The van der Waals surface area contributed by atoms with E-state index in [2.05, 4.69) is 20.9 Å². The van der Waals surface area contributed by atoms with Gasteiger partial charge in [-0.05, 0) is 46.6 Å². The quantitative estimate of drug-likeness (QED) is 0.696. The number of hydrogen-bond donors (Lipinski definition) is 1. The van der Waals surface area contributed by atoms with Gasteiger partial charge in [0.05, 0.1) is 12.8 Å². The molecule has 19 heavy (non-hydrogen) atoms. The number of pyridine rings is 1. The van der Waals surface area contributed by atoms with Gasteiger partial charge >= 0.3 is 0 Å². The number of nitrogens with zero attached hydrogens (tertiary/aromatic N) is 1. The van der Waals surface area contributed by atoms with Crippen LogP contribution >= 0.6 is 15.9 Å². The van der Waals surface area contributed by atoms with E-state index < -0.39 is 0 Å². The Bertz CT molecular complexity index is 624. The number of methoxy groups -OCH3 is 1. The molecule has 0 fully saturated rings. The van der Waals surface area contributed by atoms with E-state index in [1.54, 1.807) is 25.4 Å². The number of carbonyl (C=O) groups is 1. The molecule has 0 aliphatic rings. The number of nitrogens with two attached hydrogens (primary N) is 1. The average molecular weight is 321 g/mol. The van der Waals surface area contributed by atoms with Gasteiger partial charge in [0.15, 0.2) is 5.78 Å². The van der Waals surface area contributed by atoms with Crippen LogP contribution < -0.4 is 10.5 Å². The van der Waals surface area contributed by atoms with Crippen molar-refractivity contribution in [3.63, 3.8) is 0 Å². The zero-order valence-corrected chi connectivity index (χ0v) is 12.2. The summed E-state index contributed by atoms with van der Waals surface area (Å²) in [4.78, 5) is 15.7. The van der Waals surface area contributed by atoms with E-state index >= 15 is 0 Å². The molecule has 4 nitrogen and oxygen atoms in total. The third kappa shape index (κ3) is 2.76. The van der Waals surface area contributed by atoms with Crippen molar-refractivity contribution in [2.24, 2.45) is 0 Å². The molecule has 0 saturated carbocycles. The summed E-state index contributed by atoms with van der Waals surface area (Å²) in [5.41, 5.74) is 8.60. The fourth-order valence-corrected chi connectivity index (χ4v) is 2.21. The summed E-state index contributed by atoms with van der Waals surface area (Å²) in [6.07, 6.45) is 1.70. The number of aromatic nitrogens is 1. The fraction of sp³-hybridized carbons (Fsp3) is 0.143. The van der Waals surface area contributed by atoms with Gasteiger partial charge in [-0.3, -0.25) is 4.79 Å². The lowest BCUT2D eigenvalue weighted by molar-refractivity contribution is 0.101. The lowest BCUT2D eigenvalue weighted by Gasteiger charge is -2.09. The maximum absolute atomic E-state index is 11.6. The van der Waals surface area contributed by atoms with E-state index in [1.165, 1.54) is 6.92 Å². The average Bonchev–Trinajstić information content (AvgIpc) is 2.41. The molecule has 2 N–H and O–H groups in total. The predicted octanol–water partition coefficient (Wildman–Crippen LogP) is 3.30. The Hall–Kier alpha value is -1.88. The van der Waals surface area contributed by atoms with Gasteiger partial charge in [-0.25, -0.2) is 4.98 Å². The first-order valence-electron chi connectivity index (χ1n) is 5.63. The first-order valence-corrected chi connectivity index (χ1v) is 6.42. The first kappa shape index (κ1) is 13.5. The minimum atomic E-state index is -0.0680. The largest absolute Gasteiger partial charge is 0.481 e. The highest BCUT2D eigenvalue weighted by Gasteiger charge is 2.11. The minimum Gasteiger partial charge on any atom is -0.481 e. The van der Waals surface area contributed by atoms with Gasteiger partial charge in [-0.2, -0.15) is 0 Å². The van der Waals surface area contributed by atoms with E-state index in [4.69, 9.17) is 10.5 Å². The van der Waals surface area contributed by atoms with Crippen molar-refractivity contribution in [1.29, 1.82) is 0 Å². The van der Waals surface area contributed by atoms with Crippen molar-refractivity contribution in [3.8, 4) is 17.0 Å². The molecular formula is C14H13BrN2O2. The number of nitrogen functional groups attached to an aromatic ring is 1. The zero-order chi connectivity index (χ0) is 14.0. The van der Waals surface area contributed by atoms with E-state index in [1.807, 2.05) is 12.1 Å². The Morgan fingerprint density at radius 1 is 1.32 bits per heavy atom. The Labute approximate surface area is 119 Å². The molecule has 98 valence electrons. The molecule has 0 amide bonds. The number of Topliss-reactive ketones (excluding diaryl/α,β-unsaturated/α-hetero) is 1. The van der Waals surface area contributed by atoms with E-state index in [0.29, 0.717) is 21.6 Å². The molecule has 1 aromatic carbocycles. The lowest BCUT2D eigenvalue weighted by Crippen LogP contribution is -2.01. The molecule has 0 spiro atoms. The standard InChI is InChI=1S/C14H13BrN2O2/c1-8(18)11-5-10(6-12(15)14(11)16)9-3-4-13(19-2)17-7-9/h3-7H,16H2,1-2H3. The van der Waals surface area contributed by atoms with Crippen LogP contribution in [-0.2, 0) is 0 Å². The molecule has 0 radical (unpaired) electrons. The van der Waals surface area contributed by atoms with Crippen molar-refractivity contribution in [2.45, 2.75) is 6.92 Å². The van der Waals surface area contributed by atoms with Crippen LogP contribution in [0.3, 0.4) is 0 Å². The number of hydrogen-bond acceptors (Lipinski definition) is 4. The van der Waals surface area contributed by atoms with E-state index in [9.17, 15) is 4.79 Å². The van der Waals surface area contributed by atoms with Gasteiger partial charge in [0.2, 0.25) is 5.88 Å². The van der Waals surface area contributed by atoms with Crippen molar-refractivity contribution in [2.75, 3.05) is 12.8 Å². The second-order valence-corrected chi connectivity index (χ2v) is 4.92. The number of anilines is 1. The Balaban J connectivity index is 2.52. The maximum Gasteiger partial charge on any atom is 0.212 e. The highest BCUT2D eigenvalue weighted by atomic mass is 79.9. The highest BCUT2D eigenvalue weighted by Crippen LogP contribution is 2.31. The van der Waals surface area contributed by atoms with E-state index in [0.717, 1.165) is 11.1 Å². The predicted molar refractivity (Wildman–Crippen MR) is 78.3 cm³/mol. The number of ether oxygens (including phenoxy) is 1. The lowest BCUT2D eigenvalue weighted by atomic mass is 10.0. The number of rotatable bonds is 3. The first-order chi connectivity index (χ1) is 9.02. The molecule has 0 aliphatic heterocycles. The molecule has 0 saturated heterocycles. The van der Waals surface area contributed by atoms with Crippen molar-refractivity contribution in [3.05, 3.63) is 40.5 Å². The summed E-state index contributed by atoms with van der Waals surface area (Å²) in [5.74, 6) is 0.478.